The highest BCUT2D eigenvalue weighted by Gasteiger charge is 2.22. The zero-order chi connectivity index (χ0) is 21.9. The summed E-state index contributed by atoms with van der Waals surface area (Å²) >= 11 is 0. The number of ether oxygens (including phenoxy) is 4. The van der Waals surface area contributed by atoms with Crippen molar-refractivity contribution in [1.82, 2.24) is 15.4 Å². The summed E-state index contributed by atoms with van der Waals surface area (Å²) in [5.41, 5.74) is 2.04. The van der Waals surface area contributed by atoms with Crippen LogP contribution in [0.15, 0.2) is 30.3 Å². The van der Waals surface area contributed by atoms with Gasteiger partial charge in [0.05, 0.1) is 34.1 Å². The number of H-pyrrole nitrogens is 1. The van der Waals surface area contributed by atoms with Crippen molar-refractivity contribution in [3.8, 4) is 51.3 Å². The van der Waals surface area contributed by atoms with Crippen LogP contribution in [0.25, 0.3) is 22.5 Å². The van der Waals surface area contributed by atoms with E-state index < -0.39 is 7.82 Å². The highest BCUT2D eigenvalue weighted by Crippen LogP contribution is 2.45. The normalized spacial score (nSPS) is 11.1. The second kappa shape index (κ2) is 8.62. The average Bonchev–Trinajstić information content (AvgIpc) is 3.21. The van der Waals surface area contributed by atoms with Crippen LogP contribution in [0.2, 0.25) is 0 Å². The number of benzene rings is 2. The highest BCUT2D eigenvalue weighted by atomic mass is 31.2. The van der Waals surface area contributed by atoms with Gasteiger partial charge in [-0.2, -0.15) is 0 Å². The molecule has 2 aromatic carbocycles. The quantitative estimate of drug-likeness (QED) is 0.450. The summed E-state index contributed by atoms with van der Waals surface area (Å²) in [5, 5.41) is 10.8. The van der Waals surface area contributed by atoms with Gasteiger partial charge >= 0.3 is 7.82 Å². The van der Waals surface area contributed by atoms with Gasteiger partial charge in [-0.1, -0.05) is 5.21 Å². The molecule has 1 aromatic heterocycles. The van der Waals surface area contributed by atoms with Crippen molar-refractivity contribution in [2.75, 3.05) is 28.4 Å². The number of nitrogens with one attached hydrogen (secondary N) is 1. The molecule has 1 heterocycles. The number of rotatable bonds is 8. The van der Waals surface area contributed by atoms with E-state index in [1.165, 1.54) is 40.6 Å². The number of hydrogen-bond acceptors (Lipinski definition) is 8. The van der Waals surface area contributed by atoms with Crippen molar-refractivity contribution >= 4 is 7.82 Å². The molecule has 0 aliphatic carbocycles. The maximum absolute atomic E-state index is 11.3. The molecule has 0 fully saturated rings. The Bertz CT molecular complexity index is 1070. The first kappa shape index (κ1) is 21.4. The Labute approximate surface area is 171 Å². The van der Waals surface area contributed by atoms with Gasteiger partial charge in [-0.15, -0.1) is 5.10 Å². The third kappa shape index (κ3) is 4.33. The van der Waals surface area contributed by atoms with Gasteiger partial charge in [0.25, 0.3) is 0 Å². The van der Waals surface area contributed by atoms with Gasteiger partial charge in [0.2, 0.25) is 5.75 Å². The van der Waals surface area contributed by atoms with Crippen LogP contribution in [-0.4, -0.2) is 53.6 Å². The van der Waals surface area contributed by atoms with E-state index in [0.29, 0.717) is 39.8 Å². The van der Waals surface area contributed by atoms with E-state index in [2.05, 4.69) is 15.4 Å². The van der Waals surface area contributed by atoms with Gasteiger partial charge in [0.15, 0.2) is 23.0 Å². The maximum atomic E-state index is 11.3. The predicted octanol–water partition coefficient (Wildman–Crippen LogP) is 2.64. The average molecular weight is 437 g/mol. The molecule has 0 aliphatic rings. The lowest BCUT2D eigenvalue weighted by molar-refractivity contribution is 0.276. The largest absolute Gasteiger partial charge is 0.524 e. The smallest absolute Gasteiger partial charge is 0.493 e. The van der Waals surface area contributed by atoms with Crippen molar-refractivity contribution in [2.45, 2.75) is 0 Å². The van der Waals surface area contributed by atoms with Crippen molar-refractivity contribution < 1.29 is 37.8 Å². The first-order valence-corrected chi connectivity index (χ1v) is 9.99. The number of aromatic amines is 1. The summed E-state index contributed by atoms with van der Waals surface area (Å²) in [6.07, 6.45) is 0. The molecule has 0 unspecified atom stereocenters. The van der Waals surface area contributed by atoms with Crippen molar-refractivity contribution in [3.63, 3.8) is 0 Å². The van der Waals surface area contributed by atoms with Crippen LogP contribution in [-0.2, 0) is 4.57 Å². The molecule has 160 valence electrons. The van der Waals surface area contributed by atoms with E-state index in [1.54, 1.807) is 18.2 Å². The summed E-state index contributed by atoms with van der Waals surface area (Å²) < 4.78 is 37.2. The van der Waals surface area contributed by atoms with Gasteiger partial charge in [-0.05, 0) is 30.3 Å². The zero-order valence-electron chi connectivity index (χ0n) is 16.6. The predicted molar refractivity (Wildman–Crippen MR) is 106 cm³/mol. The Balaban J connectivity index is 2.13. The van der Waals surface area contributed by atoms with Crippen LogP contribution in [0.5, 0.6) is 28.7 Å². The summed E-state index contributed by atoms with van der Waals surface area (Å²) in [4.78, 5) is 18.3. The SMILES string of the molecule is COc1ccc(-c2nn[nH]c2-c2cc(OC)c(OC)c(OC)c2)cc1OP(=O)(O)O. The summed E-state index contributed by atoms with van der Waals surface area (Å²) in [5.74, 6) is 1.32. The molecule has 3 rings (SSSR count). The molecule has 0 saturated carbocycles. The van der Waals surface area contributed by atoms with Crippen LogP contribution in [0.3, 0.4) is 0 Å². The maximum Gasteiger partial charge on any atom is 0.524 e. The fourth-order valence-corrected chi connectivity index (χ4v) is 3.28. The highest BCUT2D eigenvalue weighted by molar-refractivity contribution is 7.46. The van der Waals surface area contributed by atoms with Crippen LogP contribution >= 0.6 is 7.82 Å². The molecular weight excluding hydrogens is 417 g/mol. The van der Waals surface area contributed by atoms with Gasteiger partial charge < -0.3 is 23.5 Å². The van der Waals surface area contributed by atoms with Crippen LogP contribution in [0.1, 0.15) is 0 Å². The van der Waals surface area contributed by atoms with Crippen molar-refractivity contribution in [2.24, 2.45) is 0 Å². The first-order chi connectivity index (χ1) is 14.3. The standard InChI is InChI=1S/C18H20N3O8P/c1-25-12-6-5-10(7-13(12)29-30(22,23)24)16-17(20-21-19-16)11-8-14(26-2)18(28-4)15(9-11)27-3/h5-9H,1-4H3,(H,19,20,21)(H2,22,23,24). The number of nitrogens with zero attached hydrogens (tertiary/aromatic N) is 2. The van der Waals surface area contributed by atoms with Crippen LogP contribution < -0.4 is 23.5 Å². The molecule has 0 bridgehead atoms. The minimum atomic E-state index is -4.80. The second-order valence-electron chi connectivity index (χ2n) is 5.90. The molecule has 0 saturated heterocycles. The Morgan fingerprint density at radius 1 is 0.833 bits per heavy atom. The third-order valence-electron chi connectivity index (χ3n) is 4.16. The van der Waals surface area contributed by atoms with E-state index in [1.807, 2.05) is 0 Å². The third-order valence-corrected chi connectivity index (χ3v) is 4.59. The monoisotopic (exact) mass is 437 g/mol. The van der Waals surface area contributed by atoms with E-state index in [-0.39, 0.29) is 11.5 Å². The van der Waals surface area contributed by atoms with Gasteiger partial charge in [-0.3, -0.25) is 14.9 Å². The van der Waals surface area contributed by atoms with E-state index in [9.17, 15) is 4.57 Å². The van der Waals surface area contributed by atoms with E-state index in [0.717, 1.165) is 0 Å². The Kier molecular flexibility index (Phi) is 6.16. The number of phosphoric ester groups is 1. The fourth-order valence-electron chi connectivity index (χ4n) is 2.88. The van der Waals surface area contributed by atoms with Gasteiger partial charge in [-0.25, -0.2) is 4.57 Å². The van der Waals surface area contributed by atoms with Crippen molar-refractivity contribution in [3.05, 3.63) is 30.3 Å². The summed E-state index contributed by atoms with van der Waals surface area (Å²) in [6.45, 7) is 0. The molecule has 11 nitrogen and oxygen atoms in total. The van der Waals surface area contributed by atoms with Crippen LogP contribution in [0.4, 0.5) is 0 Å². The molecule has 3 aromatic rings. The van der Waals surface area contributed by atoms with Gasteiger partial charge in [0.1, 0.15) is 5.69 Å². The molecule has 0 amide bonds. The minimum Gasteiger partial charge on any atom is -0.493 e. The zero-order valence-corrected chi connectivity index (χ0v) is 17.5. The Hall–Kier alpha value is -3.27. The summed E-state index contributed by atoms with van der Waals surface area (Å²) in [7, 11) is 1.07. The molecule has 0 aliphatic heterocycles. The molecule has 30 heavy (non-hydrogen) atoms. The number of aromatic nitrogens is 3. The van der Waals surface area contributed by atoms with Crippen molar-refractivity contribution in [1.29, 1.82) is 0 Å². The lowest BCUT2D eigenvalue weighted by Crippen LogP contribution is -1.97. The molecule has 0 atom stereocenters. The van der Waals surface area contributed by atoms with Gasteiger partial charge in [0, 0.05) is 11.1 Å². The molecule has 3 N–H and O–H groups in total. The minimum absolute atomic E-state index is 0.137. The number of phosphoric acid groups is 1. The molecular formula is C18H20N3O8P. The molecule has 12 heteroatoms. The van der Waals surface area contributed by atoms with E-state index >= 15 is 0 Å². The van der Waals surface area contributed by atoms with Crippen LogP contribution in [0, 0.1) is 0 Å². The Morgan fingerprint density at radius 3 is 1.97 bits per heavy atom. The first-order valence-electron chi connectivity index (χ1n) is 8.46. The Morgan fingerprint density at radius 2 is 1.43 bits per heavy atom. The summed E-state index contributed by atoms with van der Waals surface area (Å²) in [6, 6.07) is 8.00. The molecule has 0 radical (unpaired) electrons. The lowest BCUT2D eigenvalue weighted by Gasteiger charge is -2.14. The second-order valence-corrected chi connectivity index (χ2v) is 7.06. The fraction of sp³-hybridized carbons (Fsp3) is 0.222. The molecule has 0 spiro atoms. The lowest BCUT2D eigenvalue weighted by atomic mass is 10.0. The van der Waals surface area contributed by atoms with E-state index in [4.69, 9.17) is 33.3 Å². The number of methoxy groups -OCH3 is 4. The topological polar surface area (TPSA) is 145 Å². The number of hydrogen-bond donors (Lipinski definition) is 3.